The van der Waals surface area contributed by atoms with E-state index in [4.69, 9.17) is 9.47 Å². The van der Waals surface area contributed by atoms with Gasteiger partial charge in [0.05, 0.1) is 7.11 Å². The summed E-state index contributed by atoms with van der Waals surface area (Å²) in [6.45, 7) is 2.12. The minimum Gasteiger partial charge on any atom is -0.497 e. The number of fused-ring (bicyclic) bond motifs is 8. The maximum absolute atomic E-state index is 7.27. The Hall–Kier alpha value is -4.30. The van der Waals surface area contributed by atoms with E-state index in [9.17, 15) is 0 Å². The first-order chi connectivity index (χ1) is 18.2. The summed E-state index contributed by atoms with van der Waals surface area (Å²) in [5.41, 5.74) is 9.30. The SMILES string of the molecule is COc1ccc(C2(c3ccc(C)cc3)C=Cc3c4c(c5ccccc5c3O2)CCc2ccccc2-4)cc1. The van der Waals surface area contributed by atoms with Crippen LogP contribution in [0, 0.1) is 6.92 Å². The van der Waals surface area contributed by atoms with Crippen molar-refractivity contribution in [1.82, 2.24) is 0 Å². The summed E-state index contributed by atoms with van der Waals surface area (Å²) in [4.78, 5) is 0. The molecule has 1 aliphatic carbocycles. The van der Waals surface area contributed by atoms with Crippen molar-refractivity contribution >= 4 is 16.8 Å². The van der Waals surface area contributed by atoms with Gasteiger partial charge in [0.2, 0.25) is 0 Å². The third kappa shape index (κ3) is 3.33. The van der Waals surface area contributed by atoms with E-state index in [-0.39, 0.29) is 0 Å². The number of methoxy groups -OCH3 is 1. The lowest BCUT2D eigenvalue weighted by molar-refractivity contribution is 0.163. The van der Waals surface area contributed by atoms with E-state index in [0.717, 1.165) is 35.5 Å². The lowest BCUT2D eigenvalue weighted by Gasteiger charge is -2.38. The van der Waals surface area contributed by atoms with E-state index < -0.39 is 5.60 Å². The molecule has 0 saturated heterocycles. The van der Waals surface area contributed by atoms with Crippen LogP contribution in [0.2, 0.25) is 0 Å². The van der Waals surface area contributed by atoms with E-state index in [1.165, 1.54) is 44.2 Å². The Morgan fingerprint density at radius 1 is 0.730 bits per heavy atom. The standard InChI is InChI=1S/C35H28O2/c1-23-11-14-25(15-12-23)35(26-16-18-27(36-2)19-17-26)22-21-32-33-28-8-4-3-7-24(28)13-20-30(33)29-9-5-6-10-31(29)34(32)37-35/h3-12,14-19,21-22H,13,20H2,1-2H3. The maximum atomic E-state index is 7.27. The highest BCUT2D eigenvalue weighted by Crippen LogP contribution is 2.51. The fourth-order valence-corrected chi connectivity index (χ4v) is 6.09. The van der Waals surface area contributed by atoms with Crippen molar-refractivity contribution in [2.45, 2.75) is 25.4 Å². The van der Waals surface area contributed by atoms with Crippen molar-refractivity contribution in [3.63, 3.8) is 0 Å². The fraction of sp³-hybridized carbons (Fsp3) is 0.143. The fourth-order valence-electron chi connectivity index (χ4n) is 6.09. The van der Waals surface area contributed by atoms with Crippen LogP contribution < -0.4 is 9.47 Å². The average molecular weight is 481 g/mol. The van der Waals surface area contributed by atoms with Crippen molar-refractivity contribution in [3.05, 3.63) is 137 Å². The van der Waals surface area contributed by atoms with Crippen LogP contribution in [0.3, 0.4) is 0 Å². The van der Waals surface area contributed by atoms with Crippen molar-refractivity contribution in [2.24, 2.45) is 0 Å². The van der Waals surface area contributed by atoms with Gasteiger partial charge >= 0.3 is 0 Å². The topological polar surface area (TPSA) is 18.5 Å². The lowest BCUT2D eigenvalue weighted by Crippen LogP contribution is -2.34. The summed E-state index contributed by atoms with van der Waals surface area (Å²) in [5.74, 6) is 1.78. The van der Waals surface area contributed by atoms with Crippen LogP contribution in [0.25, 0.3) is 28.0 Å². The first-order valence-corrected chi connectivity index (χ1v) is 12.9. The van der Waals surface area contributed by atoms with Crippen LogP contribution >= 0.6 is 0 Å². The second-order valence-electron chi connectivity index (χ2n) is 10.1. The van der Waals surface area contributed by atoms with Gasteiger partial charge in [-0.3, -0.25) is 0 Å². The second kappa shape index (κ2) is 8.38. The van der Waals surface area contributed by atoms with Crippen LogP contribution in [-0.4, -0.2) is 7.11 Å². The summed E-state index contributed by atoms with van der Waals surface area (Å²) in [7, 11) is 1.70. The molecule has 0 N–H and O–H groups in total. The van der Waals surface area contributed by atoms with E-state index >= 15 is 0 Å². The van der Waals surface area contributed by atoms with Gasteiger partial charge < -0.3 is 9.47 Å². The van der Waals surface area contributed by atoms with Crippen molar-refractivity contribution < 1.29 is 9.47 Å². The molecule has 1 atom stereocenters. The Morgan fingerprint density at radius 3 is 2.16 bits per heavy atom. The number of benzene rings is 5. The van der Waals surface area contributed by atoms with Crippen molar-refractivity contribution in [2.75, 3.05) is 7.11 Å². The van der Waals surface area contributed by atoms with Gasteiger partial charge in [-0.2, -0.15) is 0 Å². The molecule has 180 valence electrons. The minimum absolute atomic E-state index is 0.752. The molecule has 0 fully saturated rings. The maximum Gasteiger partial charge on any atom is 0.178 e. The van der Waals surface area contributed by atoms with E-state index in [1.54, 1.807) is 7.11 Å². The second-order valence-corrected chi connectivity index (χ2v) is 10.1. The van der Waals surface area contributed by atoms with Gasteiger partial charge in [0, 0.05) is 22.1 Å². The van der Waals surface area contributed by atoms with Crippen LogP contribution in [0.4, 0.5) is 0 Å². The molecule has 1 aliphatic heterocycles. The predicted octanol–water partition coefficient (Wildman–Crippen LogP) is 8.27. The van der Waals surface area contributed by atoms with Gasteiger partial charge in [-0.1, -0.05) is 90.5 Å². The van der Waals surface area contributed by atoms with Crippen LogP contribution in [0.5, 0.6) is 11.5 Å². The van der Waals surface area contributed by atoms with Gasteiger partial charge in [0.15, 0.2) is 5.60 Å². The normalized spacial score (nSPS) is 17.5. The Morgan fingerprint density at radius 2 is 1.41 bits per heavy atom. The zero-order chi connectivity index (χ0) is 25.0. The molecule has 7 rings (SSSR count). The molecule has 0 spiro atoms. The van der Waals surface area contributed by atoms with Gasteiger partial charge in [-0.05, 0) is 71.7 Å². The van der Waals surface area contributed by atoms with Crippen LogP contribution in [-0.2, 0) is 18.4 Å². The molecule has 0 amide bonds. The van der Waals surface area contributed by atoms with E-state index in [1.807, 2.05) is 12.1 Å². The molecule has 1 heterocycles. The summed E-state index contributed by atoms with van der Waals surface area (Å²) < 4.78 is 12.7. The number of ether oxygens (including phenoxy) is 2. The first kappa shape index (κ1) is 21.9. The van der Waals surface area contributed by atoms with Crippen molar-refractivity contribution in [1.29, 1.82) is 0 Å². The predicted molar refractivity (Wildman–Crippen MR) is 151 cm³/mol. The number of hydrogen-bond donors (Lipinski definition) is 0. The summed E-state index contributed by atoms with van der Waals surface area (Å²) in [5, 5.41) is 2.46. The quantitative estimate of drug-likeness (QED) is 0.259. The van der Waals surface area contributed by atoms with Crippen molar-refractivity contribution in [3.8, 4) is 22.6 Å². The monoisotopic (exact) mass is 480 g/mol. The van der Waals surface area contributed by atoms with Crippen LogP contribution in [0.1, 0.15) is 33.4 Å². The minimum atomic E-state index is -0.752. The highest BCUT2D eigenvalue weighted by atomic mass is 16.5. The smallest absolute Gasteiger partial charge is 0.178 e. The molecule has 2 nitrogen and oxygen atoms in total. The zero-order valence-electron chi connectivity index (χ0n) is 21.1. The Balaban J connectivity index is 1.52. The molecule has 0 bridgehead atoms. The number of aryl methyl sites for hydroxylation is 3. The van der Waals surface area contributed by atoms with Gasteiger partial charge in [-0.15, -0.1) is 0 Å². The van der Waals surface area contributed by atoms with E-state index in [2.05, 4.69) is 104 Å². The molecular weight excluding hydrogens is 452 g/mol. The third-order valence-electron chi connectivity index (χ3n) is 7.99. The molecule has 1 unspecified atom stereocenters. The Labute approximate surface area is 217 Å². The van der Waals surface area contributed by atoms with Gasteiger partial charge in [-0.25, -0.2) is 0 Å². The summed E-state index contributed by atoms with van der Waals surface area (Å²) in [6.07, 6.45) is 6.65. The first-order valence-electron chi connectivity index (χ1n) is 12.9. The molecule has 5 aromatic carbocycles. The molecular formula is C35H28O2. The number of rotatable bonds is 3. The summed E-state index contributed by atoms with van der Waals surface area (Å²) in [6, 6.07) is 34.5. The Bertz CT molecular complexity index is 1680. The molecule has 5 aromatic rings. The third-order valence-corrected chi connectivity index (χ3v) is 7.99. The summed E-state index contributed by atoms with van der Waals surface area (Å²) >= 11 is 0. The number of hydrogen-bond acceptors (Lipinski definition) is 2. The molecule has 0 radical (unpaired) electrons. The molecule has 2 aliphatic rings. The molecule has 2 heteroatoms. The largest absolute Gasteiger partial charge is 0.497 e. The average Bonchev–Trinajstić information content (AvgIpc) is 2.97. The zero-order valence-corrected chi connectivity index (χ0v) is 21.1. The molecule has 0 saturated carbocycles. The van der Waals surface area contributed by atoms with E-state index in [0.29, 0.717) is 0 Å². The Kier molecular flexibility index (Phi) is 4.97. The van der Waals surface area contributed by atoms with Gasteiger partial charge in [0.1, 0.15) is 11.5 Å². The highest BCUT2D eigenvalue weighted by Gasteiger charge is 2.39. The molecule has 0 aromatic heterocycles. The highest BCUT2D eigenvalue weighted by molar-refractivity contribution is 6.03. The lowest BCUT2D eigenvalue weighted by atomic mass is 9.77. The van der Waals surface area contributed by atoms with Crippen LogP contribution in [0.15, 0.2) is 103 Å². The molecule has 37 heavy (non-hydrogen) atoms. The van der Waals surface area contributed by atoms with Gasteiger partial charge in [0.25, 0.3) is 0 Å².